The van der Waals surface area contributed by atoms with Crippen LogP contribution >= 0.6 is 0 Å². The van der Waals surface area contributed by atoms with E-state index in [0.29, 0.717) is 5.56 Å². The fraction of sp³-hybridized carbons (Fsp3) is 0.320. The second-order valence-electron chi connectivity index (χ2n) is 8.07. The fourth-order valence-electron chi connectivity index (χ4n) is 3.32. The minimum absolute atomic E-state index is 0.0338. The van der Waals surface area contributed by atoms with E-state index in [9.17, 15) is 13.2 Å². The van der Waals surface area contributed by atoms with Crippen molar-refractivity contribution >= 4 is 15.7 Å². The zero-order valence-electron chi connectivity index (χ0n) is 18.6. The van der Waals surface area contributed by atoms with Crippen molar-refractivity contribution in [3.8, 4) is 5.75 Å². The lowest BCUT2D eigenvalue weighted by Crippen LogP contribution is -2.33. The zero-order valence-corrected chi connectivity index (χ0v) is 19.4. The van der Waals surface area contributed by atoms with E-state index in [2.05, 4.69) is 5.32 Å². The Labute approximate surface area is 189 Å². The molecule has 6 nitrogen and oxygen atoms in total. The summed E-state index contributed by atoms with van der Waals surface area (Å²) in [6.45, 7) is 5.89. The summed E-state index contributed by atoms with van der Waals surface area (Å²) in [5.74, 6) is 0.156. The maximum absolute atomic E-state index is 12.7. The second kappa shape index (κ2) is 10.5. The summed E-state index contributed by atoms with van der Waals surface area (Å²) in [6.07, 6.45) is 2.99. The van der Waals surface area contributed by atoms with Gasteiger partial charge in [-0.05, 0) is 69.5 Å². The molecule has 0 bridgehead atoms. The number of aryl methyl sites for hydroxylation is 1. The molecule has 3 aromatic rings. The van der Waals surface area contributed by atoms with Crippen LogP contribution in [0, 0.1) is 0 Å². The predicted octanol–water partition coefficient (Wildman–Crippen LogP) is 4.79. The Kier molecular flexibility index (Phi) is 7.75. The molecular weight excluding hydrogens is 426 g/mol. The van der Waals surface area contributed by atoms with Gasteiger partial charge in [-0.2, -0.15) is 0 Å². The molecule has 3 rings (SSSR count). The highest BCUT2D eigenvalue weighted by Gasteiger charge is 2.23. The lowest BCUT2D eigenvalue weighted by molar-refractivity contribution is 0.0909. The summed E-state index contributed by atoms with van der Waals surface area (Å²) in [5, 5.41) is 2.90. The van der Waals surface area contributed by atoms with Crippen LogP contribution in [0.1, 0.15) is 48.9 Å². The number of hydrogen-bond acceptors (Lipinski definition) is 5. The molecule has 0 radical (unpaired) electrons. The number of amides is 1. The van der Waals surface area contributed by atoms with Gasteiger partial charge < -0.3 is 14.5 Å². The molecule has 0 aliphatic carbocycles. The Bertz CT molecular complexity index is 1120. The molecule has 1 unspecified atom stereocenters. The number of sulfone groups is 1. The highest BCUT2D eigenvalue weighted by Crippen LogP contribution is 2.20. The van der Waals surface area contributed by atoms with Crippen LogP contribution in [0.4, 0.5) is 0 Å². The van der Waals surface area contributed by atoms with Gasteiger partial charge in [0.25, 0.3) is 5.91 Å². The molecule has 2 aromatic carbocycles. The van der Waals surface area contributed by atoms with E-state index in [-0.39, 0.29) is 28.6 Å². The molecule has 0 aliphatic rings. The van der Waals surface area contributed by atoms with Gasteiger partial charge in [0.1, 0.15) is 5.75 Å². The smallest absolute Gasteiger partial charge is 0.287 e. The van der Waals surface area contributed by atoms with Crippen molar-refractivity contribution in [1.29, 1.82) is 0 Å². The van der Waals surface area contributed by atoms with Crippen LogP contribution < -0.4 is 10.1 Å². The van der Waals surface area contributed by atoms with Gasteiger partial charge >= 0.3 is 0 Å². The molecule has 0 fully saturated rings. The highest BCUT2D eigenvalue weighted by molar-refractivity contribution is 7.90. The molecular formula is C25H29NO5S. The topological polar surface area (TPSA) is 85.6 Å². The lowest BCUT2D eigenvalue weighted by Gasteiger charge is -2.14. The molecule has 0 saturated carbocycles. The van der Waals surface area contributed by atoms with Crippen molar-refractivity contribution in [3.05, 3.63) is 83.8 Å². The summed E-state index contributed by atoms with van der Waals surface area (Å²) in [4.78, 5) is 12.9. The van der Waals surface area contributed by atoms with Crippen molar-refractivity contribution in [2.45, 2.75) is 56.4 Å². The molecule has 0 spiro atoms. The molecule has 1 aromatic heterocycles. The Morgan fingerprint density at radius 3 is 2.34 bits per heavy atom. The minimum Gasteiger partial charge on any atom is -0.491 e. The third-order valence-electron chi connectivity index (χ3n) is 4.94. The van der Waals surface area contributed by atoms with E-state index in [4.69, 9.17) is 9.15 Å². The monoisotopic (exact) mass is 455 g/mol. The van der Waals surface area contributed by atoms with E-state index >= 15 is 0 Å². The number of rotatable bonds is 10. The fourth-order valence-corrected chi connectivity index (χ4v) is 4.69. The number of hydrogen-bond donors (Lipinski definition) is 1. The van der Waals surface area contributed by atoms with E-state index in [1.807, 2.05) is 45.0 Å². The molecule has 1 atom stereocenters. The van der Waals surface area contributed by atoms with Crippen molar-refractivity contribution in [2.24, 2.45) is 0 Å². The molecule has 1 heterocycles. The molecule has 1 amide bonds. The zero-order chi connectivity index (χ0) is 23.1. The summed E-state index contributed by atoms with van der Waals surface area (Å²) in [7, 11) is -3.58. The molecule has 7 heteroatoms. The third-order valence-corrected chi connectivity index (χ3v) is 6.62. The quantitative estimate of drug-likeness (QED) is 0.475. The lowest BCUT2D eigenvalue weighted by atomic mass is 10.1. The van der Waals surface area contributed by atoms with E-state index in [0.717, 1.165) is 24.2 Å². The van der Waals surface area contributed by atoms with Crippen LogP contribution in [0.2, 0.25) is 0 Å². The van der Waals surface area contributed by atoms with Crippen molar-refractivity contribution in [3.63, 3.8) is 0 Å². The average Bonchev–Trinajstić information content (AvgIpc) is 3.21. The summed E-state index contributed by atoms with van der Waals surface area (Å²) < 4.78 is 36.3. The first-order valence-electron chi connectivity index (χ1n) is 10.7. The molecule has 32 heavy (non-hydrogen) atoms. The van der Waals surface area contributed by atoms with Crippen molar-refractivity contribution in [1.82, 2.24) is 5.32 Å². The van der Waals surface area contributed by atoms with Crippen LogP contribution in [0.15, 0.2) is 76.2 Å². The number of ether oxygens (including phenoxy) is 1. The maximum atomic E-state index is 12.7. The second-order valence-corrected chi connectivity index (χ2v) is 10.1. The van der Waals surface area contributed by atoms with Gasteiger partial charge in [0.2, 0.25) is 0 Å². The highest BCUT2D eigenvalue weighted by atomic mass is 32.2. The Hall–Kier alpha value is -3.06. The largest absolute Gasteiger partial charge is 0.491 e. The molecule has 0 aliphatic heterocycles. The van der Waals surface area contributed by atoms with Crippen LogP contribution in [0.5, 0.6) is 5.75 Å². The number of nitrogens with one attached hydrogen (secondary N) is 1. The van der Waals surface area contributed by atoms with E-state index in [1.54, 1.807) is 30.3 Å². The van der Waals surface area contributed by atoms with Gasteiger partial charge in [0.05, 0.1) is 23.0 Å². The first kappa shape index (κ1) is 23.6. The Morgan fingerprint density at radius 2 is 1.69 bits per heavy atom. The average molecular weight is 456 g/mol. The minimum atomic E-state index is -3.58. The number of carbonyl (C=O) groups excluding carboxylic acids is 1. The Balaban J connectivity index is 1.56. The SMILES string of the molecule is CC(CCc1ccc(OC(C)C)cc1)NC(=O)c1occc1CS(=O)(=O)c1ccccc1. The molecule has 1 N–H and O–H groups in total. The van der Waals surface area contributed by atoms with Gasteiger partial charge in [-0.3, -0.25) is 4.79 Å². The standard InChI is InChI=1S/C25H29NO5S/c1-18(2)31-22-13-11-20(12-14-22)10-9-19(3)26-25(27)24-21(15-16-30-24)17-32(28,29)23-7-5-4-6-8-23/h4-8,11-16,18-19H,9-10,17H2,1-3H3,(H,26,27). The predicted molar refractivity (Wildman–Crippen MR) is 123 cm³/mol. The molecule has 0 saturated heterocycles. The van der Waals surface area contributed by atoms with E-state index < -0.39 is 15.7 Å². The van der Waals surface area contributed by atoms with Crippen LogP contribution in [0.3, 0.4) is 0 Å². The third kappa shape index (κ3) is 6.47. The van der Waals surface area contributed by atoms with Crippen molar-refractivity contribution < 1.29 is 22.4 Å². The summed E-state index contributed by atoms with van der Waals surface area (Å²) >= 11 is 0. The summed E-state index contributed by atoms with van der Waals surface area (Å²) in [6, 6.07) is 17.5. The van der Waals surface area contributed by atoms with Gasteiger partial charge in [0.15, 0.2) is 15.6 Å². The van der Waals surface area contributed by atoms with Crippen molar-refractivity contribution in [2.75, 3.05) is 0 Å². The van der Waals surface area contributed by atoms with E-state index in [1.165, 1.54) is 12.3 Å². The van der Waals surface area contributed by atoms with Gasteiger partial charge in [-0.25, -0.2) is 8.42 Å². The normalized spacial score (nSPS) is 12.5. The number of carbonyl (C=O) groups is 1. The van der Waals surface area contributed by atoms with Crippen LogP contribution in [-0.4, -0.2) is 26.5 Å². The van der Waals surface area contributed by atoms with Gasteiger partial charge in [-0.1, -0.05) is 30.3 Å². The van der Waals surface area contributed by atoms with Gasteiger partial charge in [0, 0.05) is 11.6 Å². The molecule has 170 valence electrons. The Morgan fingerprint density at radius 1 is 1.00 bits per heavy atom. The van der Waals surface area contributed by atoms with Gasteiger partial charge in [-0.15, -0.1) is 0 Å². The van der Waals surface area contributed by atoms with Crippen LogP contribution in [0.25, 0.3) is 0 Å². The number of benzene rings is 2. The first-order chi connectivity index (χ1) is 15.2. The summed E-state index contributed by atoms with van der Waals surface area (Å²) in [5.41, 5.74) is 1.49. The first-order valence-corrected chi connectivity index (χ1v) is 12.3. The maximum Gasteiger partial charge on any atom is 0.287 e. The van der Waals surface area contributed by atoms with Crippen LogP contribution in [-0.2, 0) is 22.0 Å². The number of furan rings is 1.